The lowest BCUT2D eigenvalue weighted by Gasteiger charge is -2.34. The van der Waals surface area contributed by atoms with Crippen LogP contribution in [0.5, 0.6) is 5.75 Å². The first kappa shape index (κ1) is 25.4. The van der Waals surface area contributed by atoms with Crippen molar-refractivity contribution in [2.45, 2.75) is 57.7 Å². The standard InChI is InChI=1S/C25H36N4O6/c1-17-14-20(5-6-21(17)22(32)26-15-19(31)16-30)33-12-3-4-18-7-10-29(11-8-18)24-27-23(35-28-24)25(2)9-13-34-25/h5-6,14,18-19,30-31H,3-4,7-13,15-16H2,1-2H3,(H,26,32)/t19-,25?/m0/s1. The lowest BCUT2D eigenvalue weighted by atomic mass is 9.92. The number of carbonyl (C=O) groups excluding carboxylic acids is 1. The first-order valence-electron chi connectivity index (χ1n) is 12.4. The zero-order valence-electron chi connectivity index (χ0n) is 20.5. The van der Waals surface area contributed by atoms with Gasteiger partial charge in [-0.15, -0.1) is 0 Å². The van der Waals surface area contributed by atoms with E-state index in [2.05, 4.69) is 20.4 Å². The average Bonchev–Trinajstić information content (AvgIpc) is 3.34. The van der Waals surface area contributed by atoms with Crippen LogP contribution >= 0.6 is 0 Å². The number of carbonyl (C=O) groups is 1. The summed E-state index contributed by atoms with van der Waals surface area (Å²) in [6.45, 7) is 6.66. The molecule has 2 aliphatic rings. The van der Waals surface area contributed by atoms with Gasteiger partial charge in [-0.2, -0.15) is 4.98 Å². The van der Waals surface area contributed by atoms with Crippen molar-refractivity contribution in [3.05, 3.63) is 35.2 Å². The Morgan fingerprint density at radius 2 is 2.14 bits per heavy atom. The van der Waals surface area contributed by atoms with Gasteiger partial charge in [-0.05, 0) is 74.4 Å². The summed E-state index contributed by atoms with van der Waals surface area (Å²) in [5.41, 5.74) is 0.907. The number of anilines is 1. The zero-order valence-corrected chi connectivity index (χ0v) is 20.5. The van der Waals surface area contributed by atoms with Gasteiger partial charge >= 0.3 is 0 Å². The lowest BCUT2D eigenvalue weighted by molar-refractivity contribution is -0.157. The molecule has 3 heterocycles. The molecule has 2 aromatic rings. The Morgan fingerprint density at radius 3 is 2.80 bits per heavy atom. The highest BCUT2D eigenvalue weighted by Crippen LogP contribution is 2.36. The molecule has 10 heteroatoms. The van der Waals surface area contributed by atoms with Crippen LogP contribution in [0.2, 0.25) is 0 Å². The van der Waals surface area contributed by atoms with Crippen LogP contribution in [-0.2, 0) is 10.3 Å². The molecule has 192 valence electrons. The maximum absolute atomic E-state index is 12.2. The van der Waals surface area contributed by atoms with Crippen LogP contribution in [0.25, 0.3) is 0 Å². The Morgan fingerprint density at radius 1 is 1.37 bits per heavy atom. The van der Waals surface area contributed by atoms with E-state index in [0.29, 0.717) is 29.9 Å². The molecule has 2 atom stereocenters. The van der Waals surface area contributed by atoms with Crippen molar-refractivity contribution in [1.82, 2.24) is 15.5 Å². The summed E-state index contributed by atoms with van der Waals surface area (Å²) in [6, 6.07) is 5.36. The molecule has 0 saturated carbocycles. The van der Waals surface area contributed by atoms with Gasteiger partial charge in [-0.25, -0.2) is 0 Å². The number of nitrogens with zero attached hydrogens (tertiary/aromatic N) is 3. The van der Waals surface area contributed by atoms with E-state index in [4.69, 9.17) is 19.1 Å². The number of piperidine rings is 1. The highest BCUT2D eigenvalue weighted by molar-refractivity contribution is 5.95. The third kappa shape index (κ3) is 6.31. The SMILES string of the molecule is Cc1cc(OCCCC2CCN(c3noc(C4(C)CCO4)n3)CC2)ccc1C(=O)NC[C@H](O)CO. The van der Waals surface area contributed by atoms with Crippen LogP contribution in [-0.4, -0.2) is 71.8 Å². The van der Waals surface area contributed by atoms with Crippen molar-refractivity contribution >= 4 is 11.9 Å². The van der Waals surface area contributed by atoms with E-state index >= 15 is 0 Å². The smallest absolute Gasteiger partial charge is 0.266 e. The summed E-state index contributed by atoms with van der Waals surface area (Å²) in [5.74, 6) is 2.34. The van der Waals surface area contributed by atoms with Crippen molar-refractivity contribution in [1.29, 1.82) is 0 Å². The number of ether oxygens (including phenoxy) is 2. The van der Waals surface area contributed by atoms with Gasteiger partial charge < -0.3 is 34.4 Å². The van der Waals surface area contributed by atoms with Gasteiger partial charge in [0.2, 0.25) is 0 Å². The van der Waals surface area contributed by atoms with Crippen LogP contribution < -0.4 is 15.0 Å². The number of rotatable bonds is 11. The molecular weight excluding hydrogens is 452 g/mol. The molecule has 4 rings (SSSR count). The Hall–Kier alpha value is -2.69. The Balaban J connectivity index is 1.15. The molecule has 3 N–H and O–H groups in total. The van der Waals surface area contributed by atoms with Gasteiger partial charge in [0.1, 0.15) is 11.4 Å². The minimum Gasteiger partial charge on any atom is -0.494 e. The topological polar surface area (TPSA) is 130 Å². The third-order valence-electron chi connectivity index (χ3n) is 6.94. The summed E-state index contributed by atoms with van der Waals surface area (Å²) < 4.78 is 16.9. The molecule has 1 aromatic carbocycles. The molecule has 0 radical (unpaired) electrons. The van der Waals surface area contributed by atoms with Crippen molar-refractivity contribution < 1.29 is 29.0 Å². The summed E-state index contributed by atoms with van der Waals surface area (Å²) in [5, 5.41) is 25.0. The van der Waals surface area contributed by atoms with E-state index in [1.165, 1.54) is 0 Å². The predicted octanol–water partition coefficient (Wildman–Crippen LogP) is 2.17. The monoisotopic (exact) mass is 488 g/mol. The van der Waals surface area contributed by atoms with Crippen molar-refractivity contribution in [3.8, 4) is 5.75 Å². The van der Waals surface area contributed by atoms with Crippen molar-refractivity contribution in [2.24, 2.45) is 5.92 Å². The number of aryl methyl sites for hydroxylation is 1. The van der Waals surface area contributed by atoms with Gasteiger partial charge in [0, 0.05) is 31.6 Å². The summed E-state index contributed by atoms with van der Waals surface area (Å²) in [6.07, 6.45) is 4.19. The van der Waals surface area contributed by atoms with Gasteiger partial charge in [-0.3, -0.25) is 4.79 Å². The van der Waals surface area contributed by atoms with E-state index in [0.717, 1.165) is 63.1 Å². The van der Waals surface area contributed by atoms with Gasteiger partial charge in [0.05, 0.1) is 25.9 Å². The molecule has 10 nitrogen and oxygen atoms in total. The summed E-state index contributed by atoms with van der Waals surface area (Å²) in [7, 11) is 0. The molecule has 0 spiro atoms. The minimum absolute atomic E-state index is 0.0104. The van der Waals surface area contributed by atoms with Crippen molar-refractivity contribution in [3.63, 3.8) is 0 Å². The number of aromatic nitrogens is 2. The normalized spacial score (nSPS) is 21.4. The number of benzene rings is 1. The fourth-order valence-electron chi connectivity index (χ4n) is 4.47. The Labute approximate surface area is 205 Å². The van der Waals surface area contributed by atoms with E-state index in [1.54, 1.807) is 12.1 Å². The van der Waals surface area contributed by atoms with Crippen LogP contribution in [0.1, 0.15) is 60.8 Å². The number of aliphatic hydroxyl groups is 2. The third-order valence-corrected chi connectivity index (χ3v) is 6.94. The number of aliphatic hydroxyl groups excluding tert-OH is 2. The Bertz CT molecular complexity index is 984. The molecule has 2 aliphatic heterocycles. The first-order valence-corrected chi connectivity index (χ1v) is 12.4. The number of hydrogen-bond donors (Lipinski definition) is 3. The molecule has 2 fully saturated rings. The van der Waals surface area contributed by atoms with Gasteiger partial charge in [0.15, 0.2) is 0 Å². The molecule has 2 saturated heterocycles. The van der Waals surface area contributed by atoms with Crippen LogP contribution in [0.15, 0.2) is 22.7 Å². The number of nitrogens with one attached hydrogen (secondary N) is 1. The van der Waals surface area contributed by atoms with E-state index < -0.39 is 11.7 Å². The molecule has 1 unspecified atom stereocenters. The van der Waals surface area contributed by atoms with Crippen LogP contribution in [0.4, 0.5) is 5.95 Å². The summed E-state index contributed by atoms with van der Waals surface area (Å²) >= 11 is 0. The minimum atomic E-state index is -0.961. The second-order valence-electron chi connectivity index (χ2n) is 9.67. The maximum atomic E-state index is 12.2. The van der Waals surface area contributed by atoms with Gasteiger partial charge in [0.25, 0.3) is 17.7 Å². The summed E-state index contributed by atoms with van der Waals surface area (Å²) in [4.78, 5) is 19.0. The number of hydrogen-bond acceptors (Lipinski definition) is 9. The first-order chi connectivity index (χ1) is 16.9. The second-order valence-corrected chi connectivity index (χ2v) is 9.67. The molecule has 35 heavy (non-hydrogen) atoms. The van der Waals surface area contributed by atoms with Gasteiger partial charge in [-0.1, -0.05) is 0 Å². The molecule has 0 bridgehead atoms. The lowest BCUT2D eigenvalue weighted by Crippen LogP contribution is -2.38. The fraction of sp³-hybridized carbons (Fsp3) is 0.640. The predicted molar refractivity (Wildman–Crippen MR) is 128 cm³/mol. The highest BCUT2D eigenvalue weighted by Gasteiger charge is 2.41. The highest BCUT2D eigenvalue weighted by atomic mass is 16.6. The van der Waals surface area contributed by atoms with E-state index in [9.17, 15) is 9.90 Å². The fourth-order valence-corrected chi connectivity index (χ4v) is 4.47. The molecule has 1 aromatic heterocycles. The zero-order chi connectivity index (χ0) is 24.8. The molecule has 0 aliphatic carbocycles. The van der Waals surface area contributed by atoms with E-state index in [1.807, 2.05) is 19.9 Å². The van der Waals surface area contributed by atoms with Crippen molar-refractivity contribution in [2.75, 3.05) is 44.4 Å². The van der Waals surface area contributed by atoms with Crippen LogP contribution in [0.3, 0.4) is 0 Å². The Kier molecular flexibility index (Phi) is 8.25. The van der Waals surface area contributed by atoms with E-state index in [-0.39, 0.29) is 19.1 Å². The van der Waals surface area contributed by atoms with Crippen LogP contribution in [0, 0.1) is 12.8 Å². The second kappa shape index (κ2) is 11.4. The average molecular weight is 489 g/mol. The maximum Gasteiger partial charge on any atom is 0.266 e. The number of amides is 1. The largest absolute Gasteiger partial charge is 0.494 e. The molecule has 1 amide bonds. The quantitative estimate of drug-likeness (QED) is 0.407. The molecular formula is C25H36N4O6.